The number of carbonyl (C=O) groups excluding carboxylic acids is 3. The first-order valence-electron chi connectivity index (χ1n) is 7.76. The molecule has 6 nitrogen and oxygen atoms in total. The van der Waals surface area contributed by atoms with E-state index in [1.165, 1.54) is 43.3 Å². The molecule has 2 amide bonds. The average Bonchev–Trinajstić information content (AvgIpc) is 2.61. The van der Waals surface area contributed by atoms with Crippen LogP contribution in [0.15, 0.2) is 42.5 Å². The molecule has 0 spiro atoms. The molecule has 0 saturated carbocycles. The van der Waals surface area contributed by atoms with Crippen molar-refractivity contribution in [2.75, 3.05) is 11.9 Å². The molecule has 1 atom stereocenters. The molecule has 2 rings (SSSR count). The van der Waals surface area contributed by atoms with Gasteiger partial charge in [-0.05, 0) is 37.3 Å². The van der Waals surface area contributed by atoms with Crippen molar-refractivity contribution in [3.63, 3.8) is 0 Å². The summed E-state index contributed by atoms with van der Waals surface area (Å²) < 4.78 is 18.4. The van der Waals surface area contributed by atoms with E-state index in [-0.39, 0.29) is 16.3 Å². The standard InChI is InChI=1S/C18H15Cl2FN2O4/c1-10(17(25)23-15-5-3-2-4-14(15)21)27-16(24)9-22-18(26)12-7-6-11(19)8-13(12)20/h2-8,10H,9H2,1H3,(H,22,26)(H,23,25)/t10-/m1/s1. The van der Waals surface area contributed by atoms with Crippen molar-refractivity contribution in [1.29, 1.82) is 0 Å². The Labute approximate surface area is 164 Å². The predicted molar refractivity (Wildman–Crippen MR) is 99.4 cm³/mol. The van der Waals surface area contributed by atoms with Gasteiger partial charge in [0.25, 0.3) is 11.8 Å². The summed E-state index contributed by atoms with van der Waals surface area (Å²) in [4.78, 5) is 35.8. The maximum Gasteiger partial charge on any atom is 0.326 e. The lowest BCUT2D eigenvalue weighted by molar-refractivity contribution is -0.152. The maximum atomic E-state index is 13.5. The van der Waals surface area contributed by atoms with E-state index in [2.05, 4.69) is 10.6 Å². The quantitative estimate of drug-likeness (QED) is 0.711. The fourth-order valence-electron chi connectivity index (χ4n) is 2.01. The van der Waals surface area contributed by atoms with E-state index in [0.29, 0.717) is 5.02 Å². The Hall–Kier alpha value is -2.64. The summed E-state index contributed by atoms with van der Waals surface area (Å²) in [5.41, 5.74) is 0.107. The van der Waals surface area contributed by atoms with E-state index in [9.17, 15) is 18.8 Å². The number of esters is 1. The van der Waals surface area contributed by atoms with Gasteiger partial charge in [-0.2, -0.15) is 0 Å². The highest BCUT2D eigenvalue weighted by molar-refractivity contribution is 6.36. The van der Waals surface area contributed by atoms with Gasteiger partial charge in [0.05, 0.1) is 16.3 Å². The molecule has 0 radical (unpaired) electrons. The third-order valence-electron chi connectivity index (χ3n) is 3.38. The lowest BCUT2D eigenvalue weighted by Crippen LogP contribution is -2.36. The number of benzene rings is 2. The minimum absolute atomic E-state index is 0.0314. The zero-order chi connectivity index (χ0) is 20.0. The molecule has 0 aromatic heterocycles. The number of carbonyl (C=O) groups is 3. The van der Waals surface area contributed by atoms with Gasteiger partial charge in [-0.1, -0.05) is 35.3 Å². The molecule has 0 aliphatic rings. The van der Waals surface area contributed by atoms with Gasteiger partial charge < -0.3 is 15.4 Å². The molecule has 0 bridgehead atoms. The van der Waals surface area contributed by atoms with Crippen LogP contribution in [0.5, 0.6) is 0 Å². The van der Waals surface area contributed by atoms with E-state index >= 15 is 0 Å². The molecule has 0 fully saturated rings. The number of hydrogen-bond donors (Lipinski definition) is 2. The summed E-state index contributed by atoms with van der Waals surface area (Å²) in [6.45, 7) is 0.848. The second-order valence-corrected chi connectivity index (χ2v) is 6.25. The Morgan fingerprint density at radius 2 is 1.85 bits per heavy atom. The lowest BCUT2D eigenvalue weighted by Gasteiger charge is -2.14. The van der Waals surface area contributed by atoms with Gasteiger partial charge in [0.1, 0.15) is 12.4 Å². The van der Waals surface area contributed by atoms with Crippen LogP contribution < -0.4 is 10.6 Å². The van der Waals surface area contributed by atoms with E-state index in [1.807, 2.05) is 0 Å². The minimum atomic E-state index is -1.19. The van der Waals surface area contributed by atoms with Crippen LogP contribution >= 0.6 is 23.2 Å². The smallest absolute Gasteiger partial charge is 0.326 e. The molecule has 2 aromatic rings. The predicted octanol–water partition coefficient (Wildman–Crippen LogP) is 3.43. The molecular weight excluding hydrogens is 398 g/mol. The number of hydrogen-bond acceptors (Lipinski definition) is 4. The van der Waals surface area contributed by atoms with Crippen LogP contribution in [0.2, 0.25) is 10.0 Å². The van der Waals surface area contributed by atoms with Gasteiger partial charge in [0.2, 0.25) is 0 Å². The second-order valence-electron chi connectivity index (χ2n) is 5.41. The summed E-state index contributed by atoms with van der Waals surface area (Å²) >= 11 is 11.7. The van der Waals surface area contributed by atoms with Crippen LogP contribution in [0.3, 0.4) is 0 Å². The van der Waals surface area contributed by atoms with Crippen LogP contribution in [-0.2, 0) is 14.3 Å². The van der Waals surface area contributed by atoms with Crippen molar-refractivity contribution in [2.24, 2.45) is 0 Å². The minimum Gasteiger partial charge on any atom is -0.451 e. The summed E-state index contributed by atoms with van der Waals surface area (Å²) in [5.74, 6) is -2.77. The van der Waals surface area contributed by atoms with E-state index in [0.717, 1.165) is 0 Å². The molecule has 27 heavy (non-hydrogen) atoms. The Morgan fingerprint density at radius 3 is 2.52 bits per heavy atom. The van der Waals surface area contributed by atoms with E-state index in [1.54, 1.807) is 6.07 Å². The Morgan fingerprint density at radius 1 is 1.15 bits per heavy atom. The molecule has 0 aliphatic carbocycles. The first kappa shape index (κ1) is 20.7. The number of amides is 2. The Bertz CT molecular complexity index is 876. The third-order valence-corrected chi connectivity index (χ3v) is 3.93. The van der Waals surface area contributed by atoms with Crippen LogP contribution in [0.4, 0.5) is 10.1 Å². The Kier molecular flexibility index (Phi) is 7.15. The molecule has 142 valence electrons. The summed E-state index contributed by atoms with van der Waals surface area (Å²) in [7, 11) is 0. The maximum absolute atomic E-state index is 13.5. The van der Waals surface area contributed by atoms with Crippen molar-refractivity contribution < 1.29 is 23.5 Å². The molecule has 0 unspecified atom stereocenters. The monoisotopic (exact) mass is 412 g/mol. The van der Waals surface area contributed by atoms with Crippen LogP contribution in [0.1, 0.15) is 17.3 Å². The van der Waals surface area contributed by atoms with Crippen molar-refractivity contribution >= 4 is 46.7 Å². The van der Waals surface area contributed by atoms with E-state index in [4.69, 9.17) is 27.9 Å². The first-order valence-corrected chi connectivity index (χ1v) is 8.51. The van der Waals surface area contributed by atoms with Crippen molar-refractivity contribution in [3.05, 3.63) is 63.9 Å². The number of ether oxygens (including phenoxy) is 1. The summed E-state index contributed by atoms with van der Waals surface area (Å²) in [5, 5.41) is 5.14. The van der Waals surface area contributed by atoms with Crippen LogP contribution in [0, 0.1) is 5.82 Å². The highest BCUT2D eigenvalue weighted by atomic mass is 35.5. The molecule has 0 aliphatic heterocycles. The molecule has 0 saturated heterocycles. The molecular formula is C18H15Cl2FN2O4. The van der Waals surface area contributed by atoms with Crippen molar-refractivity contribution in [2.45, 2.75) is 13.0 Å². The third kappa shape index (κ3) is 5.94. The molecule has 9 heteroatoms. The summed E-state index contributed by atoms with van der Waals surface area (Å²) in [6.07, 6.45) is -1.19. The molecule has 0 heterocycles. The first-order chi connectivity index (χ1) is 12.8. The van der Waals surface area contributed by atoms with Gasteiger partial charge in [0.15, 0.2) is 6.10 Å². The SMILES string of the molecule is C[C@@H](OC(=O)CNC(=O)c1ccc(Cl)cc1Cl)C(=O)Nc1ccccc1F. The Balaban J connectivity index is 1.84. The normalized spacial score (nSPS) is 11.4. The number of nitrogens with one attached hydrogen (secondary N) is 2. The number of para-hydroxylation sites is 1. The molecule has 2 N–H and O–H groups in total. The van der Waals surface area contributed by atoms with Gasteiger partial charge in [0, 0.05) is 5.02 Å². The zero-order valence-corrected chi connectivity index (χ0v) is 15.6. The van der Waals surface area contributed by atoms with Gasteiger partial charge in [-0.15, -0.1) is 0 Å². The highest BCUT2D eigenvalue weighted by Crippen LogP contribution is 2.20. The fraction of sp³-hybridized carbons (Fsp3) is 0.167. The second kappa shape index (κ2) is 9.34. The van der Waals surface area contributed by atoms with Gasteiger partial charge in [-0.3, -0.25) is 14.4 Å². The van der Waals surface area contributed by atoms with Crippen molar-refractivity contribution in [1.82, 2.24) is 5.32 Å². The number of rotatable bonds is 6. The highest BCUT2D eigenvalue weighted by Gasteiger charge is 2.20. The summed E-state index contributed by atoms with van der Waals surface area (Å²) in [6, 6.07) is 9.87. The number of anilines is 1. The van der Waals surface area contributed by atoms with Crippen LogP contribution in [0.25, 0.3) is 0 Å². The van der Waals surface area contributed by atoms with Crippen LogP contribution in [-0.4, -0.2) is 30.4 Å². The molecule has 2 aromatic carbocycles. The topological polar surface area (TPSA) is 84.5 Å². The van der Waals surface area contributed by atoms with Crippen molar-refractivity contribution in [3.8, 4) is 0 Å². The number of halogens is 3. The zero-order valence-electron chi connectivity index (χ0n) is 14.1. The van der Waals surface area contributed by atoms with E-state index < -0.39 is 36.2 Å². The fourth-order valence-corrected chi connectivity index (χ4v) is 2.50. The van der Waals surface area contributed by atoms with Gasteiger partial charge >= 0.3 is 5.97 Å². The largest absolute Gasteiger partial charge is 0.451 e. The van der Waals surface area contributed by atoms with Gasteiger partial charge in [-0.25, -0.2) is 4.39 Å². The lowest BCUT2D eigenvalue weighted by atomic mass is 10.2. The average molecular weight is 413 g/mol.